The van der Waals surface area contributed by atoms with Gasteiger partial charge in [-0.2, -0.15) is 0 Å². The third kappa shape index (κ3) is 27.7. The number of guanidine groups is 2. The molecule has 2 heterocycles. The summed E-state index contributed by atoms with van der Waals surface area (Å²) < 4.78 is 33.8. The highest BCUT2D eigenvalue weighted by atomic mass is 35.5. The Balaban J connectivity index is 0.852. The predicted molar refractivity (Wildman–Crippen MR) is 315 cm³/mol. The Kier molecular flexibility index (Phi) is 32.5. The molecule has 15 N–H and O–H groups in total. The number of hydrogen-bond acceptors (Lipinski definition) is 19. The summed E-state index contributed by atoms with van der Waals surface area (Å²) in [6.45, 7) is 8.17. The van der Waals surface area contributed by atoms with Gasteiger partial charge in [-0.15, -0.1) is 0 Å². The Morgan fingerprint density at radius 3 is 1.40 bits per heavy atom. The molecule has 0 aliphatic heterocycles. The summed E-state index contributed by atoms with van der Waals surface area (Å²) in [5.41, 5.74) is 25.7. The molecule has 27 nitrogen and oxygen atoms in total. The zero-order chi connectivity index (χ0) is 59.2. The van der Waals surface area contributed by atoms with Gasteiger partial charge in [0, 0.05) is 46.3 Å². The number of carbonyl (C=O) groups is 4. The first kappa shape index (κ1) is 66.9. The molecule has 0 aliphatic carbocycles. The van der Waals surface area contributed by atoms with Gasteiger partial charge in [0.2, 0.25) is 0 Å². The molecule has 2 aromatic heterocycles. The number of amides is 6. The van der Waals surface area contributed by atoms with Gasteiger partial charge in [0.25, 0.3) is 11.8 Å². The molecule has 0 saturated carbocycles. The van der Waals surface area contributed by atoms with Gasteiger partial charge in [0.05, 0.1) is 58.5 Å². The van der Waals surface area contributed by atoms with Crippen molar-refractivity contribution in [1.29, 1.82) is 0 Å². The van der Waals surface area contributed by atoms with Crippen molar-refractivity contribution in [2.45, 2.75) is 64.7 Å². The number of aryl methyl sites for hydroxylation is 3. The lowest BCUT2D eigenvalue weighted by molar-refractivity contribution is 0.0377. The van der Waals surface area contributed by atoms with E-state index in [0.29, 0.717) is 136 Å². The summed E-state index contributed by atoms with van der Waals surface area (Å²) in [4.78, 5) is 73.7. The van der Waals surface area contributed by atoms with Crippen LogP contribution in [0.4, 0.5) is 27.0 Å². The Labute approximate surface area is 487 Å². The Morgan fingerprint density at radius 1 is 0.512 bits per heavy atom. The minimum Gasteiger partial charge on any atom is -0.491 e. The number of nitrogens with one attached hydrogen (secondary N) is 7. The number of anilines is 3. The van der Waals surface area contributed by atoms with Gasteiger partial charge >= 0.3 is 12.1 Å². The molecular formula is C53H79Cl2N17O10. The number of benzene rings is 2. The molecule has 450 valence electrons. The number of nitrogens with two attached hydrogens (primary N) is 4. The fourth-order valence-electron chi connectivity index (χ4n) is 7.19. The highest BCUT2D eigenvalue weighted by molar-refractivity contribution is 6.32. The van der Waals surface area contributed by atoms with Crippen LogP contribution in [0.2, 0.25) is 10.3 Å². The Bertz CT molecular complexity index is 2620. The lowest BCUT2D eigenvalue weighted by atomic mass is 10.1. The Morgan fingerprint density at radius 2 is 0.939 bits per heavy atom. The first-order chi connectivity index (χ1) is 39.8. The number of carbonyl (C=O) groups excluding carboxylic acids is 4. The van der Waals surface area contributed by atoms with Crippen LogP contribution < -0.4 is 69.6 Å². The van der Waals surface area contributed by atoms with Gasteiger partial charge in [0.1, 0.15) is 24.7 Å². The van der Waals surface area contributed by atoms with Crippen LogP contribution in [0.25, 0.3) is 0 Å². The number of aromatic nitrogens is 4. The van der Waals surface area contributed by atoms with E-state index in [9.17, 15) is 19.2 Å². The number of halogens is 2. The van der Waals surface area contributed by atoms with Crippen LogP contribution in [-0.2, 0) is 38.2 Å². The maximum Gasteiger partial charge on any atom is 0.314 e. The lowest BCUT2D eigenvalue weighted by Crippen LogP contribution is -2.39. The summed E-state index contributed by atoms with van der Waals surface area (Å²) >= 11 is 11.9. The largest absolute Gasteiger partial charge is 0.491 e. The molecule has 6 amide bonds. The van der Waals surface area contributed by atoms with E-state index in [2.05, 4.69) is 67.1 Å². The average molecular weight is 1190 g/mol. The molecule has 0 bridgehead atoms. The van der Waals surface area contributed by atoms with Crippen molar-refractivity contribution in [2.24, 2.45) is 21.5 Å². The molecule has 0 unspecified atom stereocenters. The molecular weight excluding hydrogens is 1110 g/mol. The van der Waals surface area contributed by atoms with Crippen LogP contribution in [0, 0.1) is 0 Å². The maximum absolute atomic E-state index is 12.7. The molecule has 0 atom stereocenters. The van der Waals surface area contributed by atoms with E-state index in [4.69, 9.17) is 74.6 Å². The molecule has 0 fully saturated rings. The van der Waals surface area contributed by atoms with Crippen molar-refractivity contribution in [3.63, 3.8) is 0 Å². The molecule has 29 heteroatoms. The van der Waals surface area contributed by atoms with Gasteiger partial charge in [-0.25, -0.2) is 29.5 Å². The highest BCUT2D eigenvalue weighted by Crippen LogP contribution is 2.20. The van der Waals surface area contributed by atoms with Crippen molar-refractivity contribution in [1.82, 2.24) is 51.8 Å². The monoisotopic (exact) mass is 1180 g/mol. The summed E-state index contributed by atoms with van der Waals surface area (Å²) in [5, 5.41) is 18.9. The third-order valence-corrected chi connectivity index (χ3v) is 12.0. The smallest absolute Gasteiger partial charge is 0.314 e. The van der Waals surface area contributed by atoms with Crippen molar-refractivity contribution in [3.8, 4) is 11.5 Å². The van der Waals surface area contributed by atoms with E-state index in [0.717, 1.165) is 61.2 Å². The molecule has 4 rings (SSSR count). The number of hydrogen-bond donors (Lipinski definition) is 11. The fourth-order valence-corrected chi connectivity index (χ4v) is 7.54. The normalized spacial score (nSPS) is 11.4. The number of nitrogens with zero attached hydrogens (tertiary/aromatic N) is 6. The van der Waals surface area contributed by atoms with Crippen LogP contribution in [0.15, 0.2) is 58.5 Å². The Hall–Kier alpha value is -7.56. The number of urea groups is 2. The summed E-state index contributed by atoms with van der Waals surface area (Å²) in [7, 11) is 1.68. The molecule has 0 radical (unpaired) electrons. The summed E-state index contributed by atoms with van der Waals surface area (Å²) in [6.07, 6.45) is 6.83. The third-order valence-electron chi connectivity index (χ3n) is 11.4. The number of aliphatic imine (C=N–C) groups is 2. The predicted octanol–water partition coefficient (Wildman–Crippen LogP) is 3.38. The fraction of sp³-hybridized carbons (Fsp3) is 0.509. The SMILES string of the molecule is CCc1nc(NC)c(Cl)nc1C(=O)NC(N)=NCCCCc1ccc(OCCOCCOCCNC(=O)NCCCCNC(=O)NCCOCCOCCOc2ccc(CCCCN=C(N)NC(=O)c3nc(Cl)c(N)nc3N)cc2)cc1. The maximum atomic E-state index is 12.7. The van der Waals surface area contributed by atoms with Gasteiger partial charge in [0.15, 0.2) is 51.1 Å². The minimum atomic E-state index is -0.687. The topological polar surface area (TPSA) is 388 Å². The number of ether oxygens (including phenoxy) is 6. The zero-order valence-corrected chi connectivity index (χ0v) is 48.1. The summed E-state index contributed by atoms with van der Waals surface area (Å²) in [5.74, 6) is 0.377. The lowest BCUT2D eigenvalue weighted by Gasteiger charge is -2.10. The average Bonchev–Trinajstić information content (AvgIpc) is 3.46. The van der Waals surface area contributed by atoms with E-state index >= 15 is 0 Å². The van der Waals surface area contributed by atoms with Crippen LogP contribution in [0.1, 0.15) is 83.2 Å². The van der Waals surface area contributed by atoms with Crippen LogP contribution in [0.3, 0.4) is 0 Å². The molecule has 4 aromatic rings. The van der Waals surface area contributed by atoms with Gasteiger partial charge in [-0.1, -0.05) is 54.4 Å². The van der Waals surface area contributed by atoms with Gasteiger partial charge in [-0.3, -0.25) is 30.2 Å². The van der Waals surface area contributed by atoms with Crippen LogP contribution in [-0.4, -0.2) is 168 Å². The van der Waals surface area contributed by atoms with Crippen LogP contribution >= 0.6 is 23.2 Å². The summed E-state index contributed by atoms with van der Waals surface area (Å²) in [6, 6.07) is 15.1. The van der Waals surface area contributed by atoms with E-state index in [1.807, 2.05) is 55.5 Å². The second-order valence-corrected chi connectivity index (χ2v) is 18.5. The van der Waals surface area contributed by atoms with E-state index in [1.54, 1.807) is 7.05 Å². The quantitative estimate of drug-likeness (QED) is 0.0173. The molecule has 2 aromatic carbocycles. The van der Waals surface area contributed by atoms with E-state index < -0.39 is 11.8 Å². The second kappa shape index (κ2) is 39.8. The first-order valence-electron chi connectivity index (χ1n) is 27.1. The zero-order valence-electron chi connectivity index (χ0n) is 46.6. The van der Waals surface area contributed by atoms with Crippen molar-refractivity contribution < 1.29 is 47.6 Å². The molecule has 82 heavy (non-hydrogen) atoms. The van der Waals surface area contributed by atoms with Gasteiger partial charge in [-0.05, 0) is 93.2 Å². The highest BCUT2D eigenvalue weighted by Gasteiger charge is 2.19. The number of nitrogen functional groups attached to an aromatic ring is 2. The molecule has 0 saturated heterocycles. The first-order valence-corrected chi connectivity index (χ1v) is 27.8. The van der Waals surface area contributed by atoms with Crippen molar-refractivity contribution in [2.75, 3.05) is 129 Å². The van der Waals surface area contributed by atoms with Gasteiger partial charge < -0.3 is 77.9 Å². The molecule has 0 spiro atoms. The minimum absolute atomic E-state index is 0.0103. The van der Waals surface area contributed by atoms with Crippen molar-refractivity contribution >= 4 is 76.5 Å². The second-order valence-electron chi connectivity index (χ2n) is 17.8. The van der Waals surface area contributed by atoms with E-state index in [1.165, 1.54) is 0 Å². The van der Waals surface area contributed by atoms with Crippen LogP contribution in [0.5, 0.6) is 11.5 Å². The number of unbranched alkanes of at least 4 members (excludes halogenated alkanes) is 3. The number of rotatable bonds is 39. The molecule has 0 aliphatic rings. The van der Waals surface area contributed by atoms with Crippen molar-refractivity contribution in [3.05, 3.63) is 87.0 Å². The standard InChI is InChI=1S/C53H79Cl2N17O10/c1-3-40-41(68-44(55)47(60-2)67-40)48(73)71-50(58)61-20-6-4-10-36-12-16-38(17-13-36)81-34-32-79-30-28-77-26-24-65-52(75)63-22-8-9-23-64-53(76)66-25-27-78-29-31-80-33-35-82-39-18-14-37(15-19-39)11-5-7-21-62-51(59)72-49(74)42-45(56)70-46(57)43(54)69-42/h12-19H,3-11,20-35H2,1-2H3,(H,60,67)(H4,56,57,70)(H2,63,65,75)(H2,64,66,76)(H3,58,61,71,73)(H3,59,62,72,74). The van der Waals surface area contributed by atoms with E-state index in [-0.39, 0.29) is 57.3 Å².